The van der Waals surface area contributed by atoms with Gasteiger partial charge >= 0.3 is 0 Å². The number of rotatable bonds is 6. The van der Waals surface area contributed by atoms with Crippen LogP contribution >= 0.6 is 11.6 Å². The summed E-state index contributed by atoms with van der Waals surface area (Å²) in [5, 5.41) is 9.48. The minimum Gasteiger partial charge on any atom is -0.310 e. The average molecular weight is 384 g/mol. The highest BCUT2D eigenvalue weighted by molar-refractivity contribution is 7.91. The molecule has 1 atom stereocenters. The Labute approximate surface area is 153 Å². The van der Waals surface area contributed by atoms with E-state index in [-0.39, 0.29) is 43.0 Å². The molecule has 0 bridgehead atoms. The van der Waals surface area contributed by atoms with Crippen LogP contribution in [-0.2, 0) is 14.6 Å². The molecular weight excluding hydrogens is 362 g/mol. The van der Waals surface area contributed by atoms with Gasteiger partial charge in [0.05, 0.1) is 30.5 Å². The number of amides is 1. The Balaban J connectivity index is 2.12. The van der Waals surface area contributed by atoms with Crippen LogP contribution in [0.4, 0.5) is 5.69 Å². The lowest BCUT2D eigenvalue weighted by molar-refractivity contribution is -0.119. The predicted molar refractivity (Wildman–Crippen MR) is 98.5 cm³/mol. The molecule has 1 aliphatic heterocycles. The Morgan fingerprint density at radius 3 is 2.72 bits per heavy atom. The van der Waals surface area contributed by atoms with Gasteiger partial charge < -0.3 is 4.90 Å². The molecule has 0 aromatic heterocycles. The lowest BCUT2D eigenvalue weighted by Crippen LogP contribution is -2.43. The Hall–Kier alpha value is -1.62. The van der Waals surface area contributed by atoms with Crippen LogP contribution in [0.3, 0.4) is 0 Å². The summed E-state index contributed by atoms with van der Waals surface area (Å²) in [7, 11) is -1.23. The third-order valence-corrected chi connectivity index (χ3v) is 6.59. The molecule has 1 unspecified atom stereocenters. The Morgan fingerprint density at radius 2 is 2.16 bits per heavy atom. The molecule has 0 aliphatic carbocycles. The zero-order valence-electron chi connectivity index (χ0n) is 14.4. The molecule has 1 aromatic carbocycles. The number of hydrogen-bond acceptors (Lipinski definition) is 5. The molecule has 1 amide bonds. The molecule has 0 radical (unpaired) electrons. The van der Waals surface area contributed by atoms with E-state index in [0.717, 1.165) is 5.56 Å². The summed E-state index contributed by atoms with van der Waals surface area (Å²) in [5.74, 6) is 0.100. The van der Waals surface area contributed by atoms with Crippen LogP contribution in [0.1, 0.15) is 18.4 Å². The SMILES string of the molecule is Cc1cc(N(CCC#N)C(=O)CN(C)C2CCS(=O)(=O)C2)ccc1Cl. The number of hydrogen-bond donors (Lipinski definition) is 0. The molecule has 0 N–H and O–H groups in total. The van der Waals surface area contributed by atoms with Crippen molar-refractivity contribution in [3.05, 3.63) is 28.8 Å². The number of halogens is 1. The first-order valence-corrected chi connectivity index (χ1v) is 10.3. The van der Waals surface area contributed by atoms with Gasteiger partial charge in [-0.05, 0) is 44.2 Å². The highest BCUT2D eigenvalue weighted by Gasteiger charge is 2.32. The second-order valence-corrected chi connectivity index (χ2v) is 8.99. The number of nitriles is 1. The van der Waals surface area contributed by atoms with Crippen LogP contribution in [0.25, 0.3) is 0 Å². The molecule has 0 saturated carbocycles. The van der Waals surface area contributed by atoms with E-state index in [1.165, 1.54) is 0 Å². The van der Waals surface area contributed by atoms with Crippen molar-refractivity contribution in [2.75, 3.05) is 36.5 Å². The van der Waals surface area contributed by atoms with Gasteiger partial charge in [0.2, 0.25) is 5.91 Å². The van der Waals surface area contributed by atoms with E-state index in [1.54, 1.807) is 29.0 Å². The van der Waals surface area contributed by atoms with Crippen molar-refractivity contribution in [2.45, 2.75) is 25.8 Å². The lowest BCUT2D eigenvalue weighted by Gasteiger charge is -2.28. The standard InChI is InChI=1S/C17H22ClN3O3S/c1-13-10-14(4-5-16(13)18)21(8-3-7-19)17(22)11-20(2)15-6-9-25(23,24)12-15/h4-5,10,15H,3,6,8-9,11-12H2,1-2H3. The first-order valence-electron chi connectivity index (χ1n) is 8.07. The zero-order chi connectivity index (χ0) is 18.6. The predicted octanol–water partition coefficient (Wildman–Crippen LogP) is 2.01. The number of likely N-dealkylation sites (N-methyl/N-ethyl adjacent to an activating group) is 1. The van der Waals surface area contributed by atoms with E-state index in [4.69, 9.17) is 16.9 Å². The molecule has 8 heteroatoms. The Kier molecular flexibility index (Phi) is 6.44. The molecule has 136 valence electrons. The molecule has 1 aliphatic rings. The molecular formula is C17H22ClN3O3S. The van der Waals surface area contributed by atoms with Gasteiger partial charge in [-0.25, -0.2) is 8.42 Å². The van der Waals surface area contributed by atoms with E-state index < -0.39 is 9.84 Å². The summed E-state index contributed by atoms with van der Waals surface area (Å²) in [6.07, 6.45) is 0.763. The maximum absolute atomic E-state index is 12.8. The third-order valence-electron chi connectivity index (χ3n) is 4.42. The van der Waals surface area contributed by atoms with Crippen LogP contribution in [-0.4, -0.2) is 56.9 Å². The fourth-order valence-corrected chi connectivity index (χ4v) is 4.83. The number of anilines is 1. The van der Waals surface area contributed by atoms with Crippen molar-refractivity contribution < 1.29 is 13.2 Å². The minimum absolute atomic E-state index is 0.0923. The molecule has 1 fully saturated rings. The van der Waals surface area contributed by atoms with Gasteiger partial charge in [0.1, 0.15) is 0 Å². The van der Waals surface area contributed by atoms with Gasteiger partial charge in [-0.2, -0.15) is 5.26 Å². The van der Waals surface area contributed by atoms with Crippen molar-refractivity contribution in [3.63, 3.8) is 0 Å². The highest BCUT2D eigenvalue weighted by Crippen LogP contribution is 2.23. The number of nitrogens with zero attached hydrogens (tertiary/aromatic N) is 3. The monoisotopic (exact) mass is 383 g/mol. The van der Waals surface area contributed by atoms with Gasteiger partial charge in [-0.1, -0.05) is 11.6 Å². The van der Waals surface area contributed by atoms with Gasteiger partial charge in [-0.15, -0.1) is 0 Å². The largest absolute Gasteiger partial charge is 0.310 e. The van der Waals surface area contributed by atoms with Crippen LogP contribution in [0.5, 0.6) is 0 Å². The second kappa shape index (κ2) is 8.17. The normalized spacial score (nSPS) is 18.9. The van der Waals surface area contributed by atoms with Crippen LogP contribution in [0.2, 0.25) is 5.02 Å². The van der Waals surface area contributed by atoms with Gasteiger partial charge in [0, 0.05) is 23.3 Å². The van der Waals surface area contributed by atoms with Gasteiger partial charge in [-0.3, -0.25) is 9.69 Å². The Bertz CT molecular complexity index is 789. The number of aryl methyl sites for hydroxylation is 1. The Morgan fingerprint density at radius 1 is 1.44 bits per heavy atom. The van der Waals surface area contributed by atoms with Gasteiger partial charge in [0.15, 0.2) is 9.84 Å². The number of carbonyl (C=O) groups is 1. The highest BCUT2D eigenvalue weighted by atomic mass is 35.5. The van der Waals surface area contributed by atoms with E-state index in [1.807, 2.05) is 13.0 Å². The topological polar surface area (TPSA) is 81.5 Å². The van der Waals surface area contributed by atoms with Crippen molar-refractivity contribution in [3.8, 4) is 6.07 Å². The first kappa shape index (κ1) is 19.7. The molecule has 25 heavy (non-hydrogen) atoms. The summed E-state index contributed by atoms with van der Waals surface area (Å²) in [5.41, 5.74) is 1.54. The third kappa shape index (κ3) is 5.18. The van der Waals surface area contributed by atoms with E-state index in [2.05, 4.69) is 6.07 Å². The average Bonchev–Trinajstić information content (AvgIpc) is 2.91. The van der Waals surface area contributed by atoms with Crippen molar-refractivity contribution in [1.82, 2.24) is 4.90 Å². The van der Waals surface area contributed by atoms with Crippen molar-refractivity contribution >= 4 is 33.0 Å². The maximum Gasteiger partial charge on any atom is 0.241 e. The molecule has 2 rings (SSSR count). The number of carbonyl (C=O) groups excluding carboxylic acids is 1. The molecule has 1 heterocycles. The second-order valence-electron chi connectivity index (χ2n) is 6.36. The molecule has 0 spiro atoms. The summed E-state index contributed by atoms with van der Waals surface area (Å²) in [6.45, 7) is 2.24. The number of benzene rings is 1. The fourth-order valence-electron chi connectivity index (χ4n) is 2.91. The summed E-state index contributed by atoms with van der Waals surface area (Å²) in [4.78, 5) is 16.1. The summed E-state index contributed by atoms with van der Waals surface area (Å²) >= 11 is 6.05. The van der Waals surface area contributed by atoms with Crippen LogP contribution in [0, 0.1) is 18.3 Å². The quantitative estimate of drug-likeness (QED) is 0.750. The molecule has 6 nitrogen and oxygen atoms in total. The van der Waals surface area contributed by atoms with Crippen LogP contribution in [0.15, 0.2) is 18.2 Å². The van der Waals surface area contributed by atoms with Crippen molar-refractivity contribution in [1.29, 1.82) is 5.26 Å². The first-order chi connectivity index (χ1) is 11.7. The summed E-state index contributed by atoms with van der Waals surface area (Å²) in [6, 6.07) is 7.22. The fraction of sp³-hybridized carbons (Fsp3) is 0.529. The van der Waals surface area contributed by atoms with Crippen LogP contribution < -0.4 is 4.90 Å². The summed E-state index contributed by atoms with van der Waals surface area (Å²) < 4.78 is 23.3. The van der Waals surface area contributed by atoms with E-state index >= 15 is 0 Å². The van der Waals surface area contributed by atoms with Gasteiger partial charge in [0.25, 0.3) is 0 Å². The number of sulfone groups is 1. The zero-order valence-corrected chi connectivity index (χ0v) is 16.0. The van der Waals surface area contributed by atoms with E-state index in [9.17, 15) is 13.2 Å². The van der Waals surface area contributed by atoms with Crippen molar-refractivity contribution in [2.24, 2.45) is 0 Å². The molecule has 1 aromatic rings. The maximum atomic E-state index is 12.8. The van der Waals surface area contributed by atoms with E-state index in [0.29, 0.717) is 17.1 Å². The lowest BCUT2D eigenvalue weighted by atomic mass is 10.2. The smallest absolute Gasteiger partial charge is 0.241 e. The molecule has 1 saturated heterocycles. The minimum atomic E-state index is -3.00.